The Bertz CT molecular complexity index is 513. The molecule has 0 aromatic heterocycles. The van der Waals surface area contributed by atoms with Gasteiger partial charge in [0.2, 0.25) is 0 Å². The third-order valence-electron chi connectivity index (χ3n) is 4.17. The molecule has 0 bridgehead atoms. The molecule has 1 fully saturated rings. The lowest BCUT2D eigenvalue weighted by Crippen LogP contribution is -2.43. The fourth-order valence-corrected chi connectivity index (χ4v) is 2.83. The van der Waals surface area contributed by atoms with E-state index in [1.54, 1.807) is 24.3 Å². The number of carbonyl (C=O) groups excluding carboxylic acids is 2. The van der Waals surface area contributed by atoms with Gasteiger partial charge in [-0.15, -0.1) is 0 Å². The molecule has 0 spiro atoms. The zero-order chi connectivity index (χ0) is 15.9. The molecule has 1 aliphatic carbocycles. The standard InChI is InChI=1S/C17H25N3O2/c1-3-18-16(21)13-8-10-14(11-9-13)19-17(22)20-15-7-5-4-6-12(15)2/h8-12,15H,3-7H2,1-2H3,(H,18,21)(H2,19,20,22). The maximum absolute atomic E-state index is 12.0. The normalized spacial score (nSPS) is 21.0. The van der Waals surface area contributed by atoms with Crippen molar-refractivity contribution >= 4 is 17.6 Å². The molecule has 2 unspecified atom stereocenters. The average Bonchev–Trinajstić information content (AvgIpc) is 2.50. The second-order valence-electron chi connectivity index (χ2n) is 5.90. The average molecular weight is 303 g/mol. The van der Waals surface area contributed by atoms with E-state index in [1.807, 2.05) is 6.92 Å². The Hall–Kier alpha value is -2.04. The molecular formula is C17H25N3O2. The lowest BCUT2D eigenvalue weighted by Gasteiger charge is -2.29. The van der Waals surface area contributed by atoms with Crippen LogP contribution in [0.3, 0.4) is 0 Å². The van der Waals surface area contributed by atoms with Crippen molar-refractivity contribution in [2.45, 2.75) is 45.6 Å². The van der Waals surface area contributed by atoms with Crippen LogP contribution in [0.5, 0.6) is 0 Å². The summed E-state index contributed by atoms with van der Waals surface area (Å²) in [5.74, 6) is 0.425. The van der Waals surface area contributed by atoms with Crippen molar-refractivity contribution in [1.29, 1.82) is 0 Å². The van der Waals surface area contributed by atoms with Gasteiger partial charge in [-0.05, 0) is 49.9 Å². The number of rotatable bonds is 4. The van der Waals surface area contributed by atoms with Crippen LogP contribution in [0.4, 0.5) is 10.5 Å². The highest BCUT2D eigenvalue weighted by molar-refractivity contribution is 5.95. The molecule has 3 N–H and O–H groups in total. The number of urea groups is 1. The molecule has 2 atom stereocenters. The van der Waals surface area contributed by atoms with Gasteiger partial charge in [0.1, 0.15) is 0 Å². The quantitative estimate of drug-likeness (QED) is 0.799. The van der Waals surface area contributed by atoms with E-state index in [1.165, 1.54) is 19.3 Å². The van der Waals surface area contributed by atoms with Gasteiger partial charge in [0.05, 0.1) is 0 Å². The molecule has 120 valence electrons. The molecule has 0 heterocycles. The minimum absolute atomic E-state index is 0.102. The molecule has 1 aromatic carbocycles. The van der Waals surface area contributed by atoms with Gasteiger partial charge < -0.3 is 16.0 Å². The maximum atomic E-state index is 12.0. The first kappa shape index (κ1) is 16.3. The summed E-state index contributed by atoms with van der Waals surface area (Å²) < 4.78 is 0. The van der Waals surface area contributed by atoms with E-state index in [0.717, 1.165) is 6.42 Å². The molecule has 0 aliphatic heterocycles. The van der Waals surface area contributed by atoms with E-state index in [-0.39, 0.29) is 18.0 Å². The van der Waals surface area contributed by atoms with E-state index in [4.69, 9.17) is 0 Å². The molecule has 0 radical (unpaired) electrons. The van der Waals surface area contributed by atoms with Gasteiger partial charge in [-0.25, -0.2) is 4.79 Å². The number of carbonyl (C=O) groups is 2. The minimum atomic E-state index is -0.176. The van der Waals surface area contributed by atoms with E-state index in [0.29, 0.717) is 23.7 Å². The largest absolute Gasteiger partial charge is 0.352 e. The zero-order valence-electron chi connectivity index (χ0n) is 13.3. The van der Waals surface area contributed by atoms with Crippen molar-refractivity contribution in [3.8, 4) is 0 Å². The summed E-state index contributed by atoms with van der Waals surface area (Å²) in [5, 5.41) is 8.61. The van der Waals surface area contributed by atoms with Crippen molar-refractivity contribution in [2.75, 3.05) is 11.9 Å². The van der Waals surface area contributed by atoms with Gasteiger partial charge in [0.25, 0.3) is 5.91 Å². The van der Waals surface area contributed by atoms with Crippen LogP contribution in [0, 0.1) is 5.92 Å². The maximum Gasteiger partial charge on any atom is 0.319 e. The first-order valence-electron chi connectivity index (χ1n) is 8.06. The number of hydrogen-bond donors (Lipinski definition) is 3. The van der Waals surface area contributed by atoms with Gasteiger partial charge >= 0.3 is 6.03 Å². The number of benzene rings is 1. The summed E-state index contributed by atoms with van der Waals surface area (Å²) in [5.41, 5.74) is 1.28. The van der Waals surface area contributed by atoms with Crippen LogP contribution < -0.4 is 16.0 Å². The molecule has 1 aliphatic rings. The Balaban J connectivity index is 1.87. The highest BCUT2D eigenvalue weighted by Gasteiger charge is 2.22. The third kappa shape index (κ3) is 4.48. The van der Waals surface area contributed by atoms with Gasteiger partial charge in [-0.2, -0.15) is 0 Å². The van der Waals surface area contributed by atoms with Crippen LogP contribution in [-0.2, 0) is 0 Å². The molecule has 5 heteroatoms. The van der Waals surface area contributed by atoms with Crippen molar-refractivity contribution in [2.24, 2.45) is 5.92 Å². The Labute approximate surface area is 131 Å². The number of nitrogens with one attached hydrogen (secondary N) is 3. The van der Waals surface area contributed by atoms with Crippen molar-refractivity contribution in [1.82, 2.24) is 10.6 Å². The van der Waals surface area contributed by atoms with Crippen LogP contribution in [0.15, 0.2) is 24.3 Å². The Morgan fingerprint density at radius 2 is 1.82 bits per heavy atom. The van der Waals surface area contributed by atoms with Crippen molar-refractivity contribution < 1.29 is 9.59 Å². The van der Waals surface area contributed by atoms with E-state index in [2.05, 4.69) is 22.9 Å². The molecule has 1 saturated carbocycles. The fraction of sp³-hybridized carbons (Fsp3) is 0.529. The first-order valence-corrected chi connectivity index (χ1v) is 8.06. The summed E-state index contributed by atoms with van der Waals surface area (Å²) in [4.78, 5) is 23.7. The molecule has 3 amide bonds. The van der Waals surface area contributed by atoms with Crippen LogP contribution >= 0.6 is 0 Å². The molecule has 2 rings (SSSR count). The van der Waals surface area contributed by atoms with Gasteiger partial charge in [0.15, 0.2) is 0 Å². The fourth-order valence-electron chi connectivity index (χ4n) is 2.83. The van der Waals surface area contributed by atoms with Crippen molar-refractivity contribution in [3.05, 3.63) is 29.8 Å². The summed E-state index contributed by atoms with van der Waals surface area (Å²) >= 11 is 0. The topological polar surface area (TPSA) is 70.2 Å². The first-order chi connectivity index (χ1) is 10.6. The van der Waals surface area contributed by atoms with E-state index in [9.17, 15) is 9.59 Å². The van der Waals surface area contributed by atoms with Crippen LogP contribution in [0.2, 0.25) is 0 Å². The van der Waals surface area contributed by atoms with Crippen LogP contribution in [0.1, 0.15) is 49.9 Å². The van der Waals surface area contributed by atoms with Crippen LogP contribution in [-0.4, -0.2) is 24.5 Å². The summed E-state index contributed by atoms with van der Waals surface area (Å²) in [6, 6.07) is 6.99. The SMILES string of the molecule is CCNC(=O)c1ccc(NC(=O)NC2CCCCC2C)cc1. The Morgan fingerprint density at radius 3 is 2.45 bits per heavy atom. The monoisotopic (exact) mass is 303 g/mol. The third-order valence-corrected chi connectivity index (χ3v) is 4.17. The predicted octanol–water partition coefficient (Wildman–Crippen LogP) is 3.14. The summed E-state index contributed by atoms with van der Waals surface area (Å²) in [6.45, 7) is 4.66. The minimum Gasteiger partial charge on any atom is -0.352 e. The highest BCUT2D eigenvalue weighted by atomic mass is 16.2. The number of hydrogen-bond acceptors (Lipinski definition) is 2. The lowest BCUT2D eigenvalue weighted by atomic mass is 9.86. The van der Waals surface area contributed by atoms with Gasteiger partial charge in [-0.3, -0.25) is 4.79 Å². The van der Waals surface area contributed by atoms with Gasteiger partial charge in [0, 0.05) is 23.8 Å². The molecule has 1 aromatic rings. The predicted molar refractivity (Wildman–Crippen MR) is 88.0 cm³/mol. The lowest BCUT2D eigenvalue weighted by molar-refractivity contribution is 0.0956. The molecule has 0 saturated heterocycles. The number of anilines is 1. The highest BCUT2D eigenvalue weighted by Crippen LogP contribution is 2.23. The van der Waals surface area contributed by atoms with E-state index >= 15 is 0 Å². The molecular weight excluding hydrogens is 278 g/mol. The van der Waals surface area contributed by atoms with Gasteiger partial charge in [-0.1, -0.05) is 19.8 Å². The molecule has 22 heavy (non-hydrogen) atoms. The summed E-state index contributed by atoms with van der Waals surface area (Å²) in [6.07, 6.45) is 4.65. The molecule has 5 nitrogen and oxygen atoms in total. The number of amides is 3. The second-order valence-corrected chi connectivity index (χ2v) is 5.90. The second kappa shape index (κ2) is 7.82. The Kier molecular flexibility index (Phi) is 5.81. The smallest absolute Gasteiger partial charge is 0.319 e. The van der Waals surface area contributed by atoms with E-state index < -0.39 is 0 Å². The van der Waals surface area contributed by atoms with Crippen LogP contribution in [0.25, 0.3) is 0 Å². The summed E-state index contributed by atoms with van der Waals surface area (Å²) in [7, 11) is 0. The Morgan fingerprint density at radius 1 is 1.14 bits per heavy atom. The zero-order valence-corrected chi connectivity index (χ0v) is 13.3. The van der Waals surface area contributed by atoms with Crippen molar-refractivity contribution in [3.63, 3.8) is 0 Å².